The molecule has 0 bridgehead atoms. The average Bonchev–Trinajstić information content (AvgIpc) is 3.03. The summed E-state index contributed by atoms with van der Waals surface area (Å²) in [7, 11) is 0. The molecule has 2 fully saturated rings. The number of fused-ring (bicyclic) bond motifs is 1. The highest BCUT2D eigenvalue weighted by Crippen LogP contribution is 2.41. The van der Waals surface area contributed by atoms with Crippen LogP contribution in [0.15, 0.2) is 9.59 Å². The number of hydrogen-bond donors (Lipinski definition) is 1. The normalized spacial score (nSPS) is 21.8. The fraction of sp³-hybridized carbons (Fsp3) is 0.611. The number of alkyl halides is 3. The summed E-state index contributed by atoms with van der Waals surface area (Å²) in [5, 5.41) is 2.98. The number of aryl methyl sites for hydroxylation is 2. The molecule has 3 heterocycles. The van der Waals surface area contributed by atoms with Crippen molar-refractivity contribution in [3.63, 3.8) is 0 Å². The van der Waals surface area contributed by atoms with Crippen molar-refractivity contribution >= 4 is 27.6 Å². The van der Waals surface area contributed by atoms with E-state index in [0.717, 1.165) is 20.5 Å². The third kappa shape index (κ3) is 3.56. The highest BCUT2D eigenvalue weighted by atomic mass is 32.1. The van der Waals surface area contributed by atoms with Crippen LogP contribution in [0.5, 0.6) is 0 Å². The predicted octanol–water partition coefficient (Wildman–Crippen LogP) is 2.59. The van der Waals surface area contributed by atoms with Gasteiger partial charge in [-0.1, -0.05) is 6.92 Å². The molecule has 2 aromatic rings. The highest BCUT2D eigenvalue weighted by Gasteiger charge is 2.38. The van der Waals surface area contributed by atoms with Crippen molar-refractivity contribution in [3.8, 4) is 0 Å². The monoisotopic (exact) mass is 430 g/mol. The summed E-state index contributed by atoms with van der Waals surface area (Å²) in [6.45, 7) is 4.37. The van der Waals surface area contributed by atoms with E-state index >= 15 is 0 Å². The fourth-order valence-corrected chi connectivity index (χ4v) is 5.12. The second-order valence-electron chi connectivity index (χ2n) is 7.74. The molecule has 29 heavy (non-hydrogen) atoms. The molecular weight excluding hydrogens is 409 g/mol. The van der Waals surface area contributed by atoms with E-state index in [1.807, 2.05) is 6.92 Å². The van der Waals surface area contributed by atoms with E-state index in [2.05, 4.69) is 5.32 Å². The summed E-state index contributed by atoms with van der Waals surface area (Å²) in [6.07, 6.45) is -4.91. The Labute approximate surface area is 167 Å². The summed E-state index contributed by atoms with van der Waals surface area (Å²) in [5.74, 6) is 0.139. The van der Waals surface area contributed by atoms with Gasteiger partial charge in [0.1, 0.15) is 4.83 Å². The molecule has 1 saturated carbocycles. The molecular formula is C18H21F3N4O3S. The molecule has 2 atom stereocenters. The van der Waals surface area contributed by atoms with Gasteiger partial charge in [-0.25, -0.2) is 9.59 Å². The SMILES string of the molecule is Cc1c(CN2CCNC2=O)sc2c1c(=O)n(C1CC1C)c(=O)n2CCC(F)(F)F. The van der Waals surface area contributed by atoms with Crippen molar-refractivity contribution < 1.29 is 18.0 Å². The molecule has 4 rings (SSSR count). The first-order chi connectivity index (χ1) is 13.6. The Morgan fingerprint density at radius 2 is 1.93 bits per heavy atom. The predicted molar refractivity (Wildman–Crippen MR) is 102 cm³/mol. The van der Waals surface area contributed by atoms with Gasteiger partial charge in [0, 0.05) is 30.6 Å². The van der Waals surface area contributed by atoms with Gasteiger partial charge >= 0.3 is 17.9 Å². The lowest BCUT2D eigenvalue weighted by Crippen LogP contribution is -2.40. The zero-order valence-electron chi connectivity index (χ0n) is 16.0. The number of nitrogens with one attached hydrogen (secondary N) is 1. The minimum Gasteiger partial charge on any atom is -0.336 e. The average molecular weight is 430 g/mol. The number of carbonyl (C=O) groups is 1. The molecule has 1 aliphatic carbocycles. The number of hydrogen-bond acceptors (Lipinski definition) is 4. The van der Waals surface area contributed by atoms with Crippen LogP contribution in [0, 0.1) is 12.8 Å². The number of amides is 2. The molecule has 1 aliphatic heterocycles. The second-order valence-corrected chi connectivity index (χ2v) is 8.82. The molecule has 2 aromatic heterocycles. The van der Waals surface area contributed by atoms with E-state index in [4.69, 9.17) is 0 Å². The van der Waals surface area contributed by atoms with Crippen LogP contribution in [0.3, 0.4) is 0 Å². The van der Waals surface area contributed by atoms with Crippen LogP contribution in [-0.4, -0.2) is 39.3 Å². The summed E-state index contributed by atoms with van der Waals surface area (Å²) >= 11 is 1.12. The fourth-order valence-electron chi connectivity index (χ4n) is 3.79. The topological polar surface area (TPSA) is 76.3 Å². The Kier molecular flexibility index (Phi) is 4.75. The van der Waals surface area contributed by atoms with E-state index in [9.17, 15) is 27.6 Å². The van der Waals surface area contributed by atoms with Gasteiger partial charge in [-0.15, -0.1) is 11.3 Å². The van der Waals surface area contributed by atoms with Crippen LogP contribution >= 0.6 is 11.3 Å². The number of aromatic nitrogens is 2. The molecule has 7 nitrogen and oxygen atoms in total. The van der Waals surface area contributed by atoms with E-state index in [-0.39, 0.29) is 34.8 Å². The Morgan fingerprint density at radius 1 is 1.24 bits per heavy atom. The summed E-state index contributed by atoms with van der Waals surface area (Å²) in [6, 6.07) is -0.496. The van der Waals surface area contributed by atoms with Crippen molar-refractivity contribution in [1.29, 1.82) is 0 Å². The van der Waals surface area contributed by atoms with E-state index in [1.165, 1.54) is 0 Å². The zero-order valence-corrected chi connectivity index (χ0v) is 16.8. The first-order valence-electron chi connectivity index (χ1n) is 9.45. The lowest BCUT2D eigenvalue weighted by Gasteiger charge is -2.13. The molecule has 158 valence electrons. The van der Waals surface area contributed by atoms with Crippen molar-refractivity contribution in [3.05, 3.63) is 31.3 Å². The van der Waals surface area contributed by atoms with Gasteiger partial charge in [-0.05, 0) is 24.8 Å². The maximum absolute atomic E-state index is 13.1. The standard InChI is InChI=1S/C18H21F3N4O3S/c1-9-7-11(9)25-14(26)13-10(2)12(8-23-6-4-22-16(23)27)29-15(13)24(17(25)28)5-3-18(19,20)21/h9,11H,3-8H2,1-2H3,(H,22,27). The number of halogens is 3. The third-order valence-corrected chi connectivity index (χ3v) is 6.94. The van der Waals surface area contributed by atoms with E-state index in [0.29, 0.717) is 30.0 Å². The minimum absolute atomic E-state index is 0.139. The van der Waals surface area contributed by atoms with Crippen LogP contribution < -0.4 is 16.6 Å². The lowest BCUT2D eigenvalue weighted by molar-refractivity contribution is -0.136. The minimum atomic E-state index is -4.41. The van der Waals surface area contributed by atoms with Crippen LogP contribution in [-0.2, 0) is 13.1 Å². The van der Waals surface area contributed by atoms with Gasteiger partial charge in [-0.2, -0.15) is 13.2 Å². The third-order valence-electron chi connectivity index (χ3n) is 5.64. The van der Waals surface area contributed by atoms with Crippen LogP contribution in [0.2, 0.25) is 0 Å². The molecule has 11 heteroatoms. The smallest absolute Gasteiger partial charge is 0.336 e. The van der Waals surface area contributed by atoms with Gasteiger partial charge < -0.3 is 10.2 Å². The Balaban J connectivity index is 1.86. The Morgan fingerprint density at radius 3 is 2.48 bits per heavy atom. The Bertz CT molecular complexity index is 1100. The van der Waals surface area contributed by atoms with E-state index < -0.39 is 30.4 Å². The molecule has 0 radical (unpaired) electrons. The molecule has 2 aliphatic rings. The first-order valence-corrected chi connectivity index (χ1v) is 10.3. The van der Waals surface area contributed by atoms with Crippen molar-refractivity contribution in [2.45, 2.75) is 52.0 Å². The lowest BCUT2D eigenvalue weighted by atomic mass is 10.2. The highest BCUT2D eigenvalue weighted by molar-refractivity contribution is 7.18. The first kappa shape index (κ1) is 20.0. The van der Waals surface area contributed by atoms with Gasteiger partial charge in [0.05, 0.1) is 18.4 Å². The summed E-state index contributed by atoms with van der Waals surface area (Å²) in [5.41, 5.74) is -0.515. The number of urea groups is 1. The number of nitrogens with zero attached hydrogens (tertiary/aromatic N) is 3. The molecule has 0 spiro atoms. The van der Waals surface area contributed by atoms with Gasteiger partial charge in [-0.3, -0.25) is 13.9 Å². The summed E-state index contributed by atoms with van der Waals surface area (Å²) < 4.78 is 40.8. The Hall–Kier alpha value is -2.30. The number of thiophene rings is 1. The molecule has 2 amide bonds. The molecule has 0 aromatic carbocycles. The second kappa shape index (κ2) is 6.89. The maximum atomic E-state index is 13.1. The molecule has 2 unspecified atom stereocenters. The zero-order chi connectivity index (χ0) is 21.1. The largest absolute Gasteiger partial charge is 0.390 e. The number of carbonyl (C=O) groups excluding carboxylic acids is 1. The van der Waals surface area contributed by atoms with Gasteiger partial charge in [0.15, 0.2) is 0 Å². The van der Waals surface area contributed by atoms with E-state index in [1.54, 1.807) is 11.8 Å². The van der Waals surface area contributed by atoms with Crippen LogP contribution in [0.1, 0.15) is 36.2 Å². The van der Waals surface area contributed by atoms with Crippen molar-refractivity contribution in [2.75, 3.05) is 13.1 Å². The van der Waals surface area contributed by atoms with Crippen molar-refractivity contribution in [2.24, 2.45) is 5.92 Å². The van der Waals surface area contributed by atoms with Gasteiger partial charge in [0.2, 0.25) is 0 Å². The maximum Gasteiger partial charge on any atom is 0.390 e. The number of rotatable bonds is 5. The van der Waals surface area contributed by atoms with Crippen LogP contribution in [0.25, 0.3) is 10.2 Å². The summed E-state index contributed by atoms with van der Waals surface area (Å²) in [4.78, 5) is 40.5. The van der Waals surface area contributed by atoms with Gasteiger partial charge in [0.25, 0.3) is 5.56 Å². The quantitative estimate of drug-likeness (QED) is 0.792. The molecule has 1 saturated heterocycles. The van der Waals surface area contributed by atoms with Crippen LogP contribution in [0.4, 0.5) is 18.0 Å². The molecule has 1 N–H and O–H groups in total. The van der Waals surface area contributed by atoms with Crippen molar-refractivity contribution in [1.82, 2.24) is 19.4 Å².